The van der Waals surface area contributed by atoms with Crippen LogP contribution in [0, 0.1) is 0 Å². The number of fused-ring (bicyclic) bond motifs is 2. The topological polar surface area (TPSA) is 55.2 Å². The van der Waals surface area contributed by atoms with Gasteiger partial charge in [-0.05, 0) is 24.3 Å². The van der Waals surface area contributed by atoms with Gasteiger partial charge in [-0.2, -0.15) is 0 Å². The molecule has 0 bridgehead atoms. The van der Waals surface area contributed by atoms with Gasteiger partial charge in [0.05, 0.1) is 0 Å². The highest BCUT2D eigenvalue weighted by Gasteiger charge is 2.07. The van der Waals surface area contributed by atoms with Gasteiger partial charge in [-0.1, -0.05) is 30.3 Å². The number of aromatic hydroxyl groups is 1. The van der Waals surface area contributed by atoms with Gasteiger partial charge in [0.1, 0.15) is 16.8 Å². The molecule has 0 fully saturated rings. The van der Waals surface area contributed by atoms with Crippen LogP contribution in [0.15, 0.2) is 66.9 Å². The highest BCUT2D eigenvalue weighted by atomic mass is 16.5. The SMILES string of the molecule is Oc1cccc2ccc(Oc3cccc4cccnc34)nc12. The average Bonchev–Trinajstić information content (AvgIpc) is 2.56. The summed E-state index contributed by atoms with van der Waals surface area (Å²) >= 11 is 0. The second-order valence-corrected chi connectivity index (χ2v) is 4.93. The summed E-state index contributed by atoms with van der Waals surface area (Å²) in [5.74, 6) is 1.20. The quantitative estimate of drug-likeness (QED) is 0.598. The van der Waals surface area contributed by atoms with E-state index in [4.69, 9.17) is 4.74 Å². The first-order valence-electron chi connectivity index (χ1n) is 6.91. The number of benzene rings is 2. The Kier molecular flexibility index (Phi) is 2.86. The number of ether oxygens (including phenoxy) is 1. The Hall–Kier alpha value is -3.14. The molecule has 2 heterocycles. The van der Waals surface area contributed by atoms with Crippen molar-refractivity contribution in [1.29, 1.82) is 0 Å². The van der Waals surface area contributed by atoms with Crippen LogP contribution in [-0.4, -0.2) is 15.1 Å². The van der Waals surface area contributed by atoms with Crippen molar-refractivity contribution < 1.29 is 9.84 Å². The molecule has 4 heteroatoms. The lowest BCUT2D eigenvalue weighted by atomic mass is 10.2. The third-order valence-electron chi connectivity index (χ3n) is 3.48. The molecule has 0 atom stereocenters. The molecule has 0 aliphatic heterocycles. The number of aromatic nitrogens is 2. The van der Waals surface area contributed by atoms with Crippen LogP contribution in [0.4, 0.5) is 0 Å². The summed E-state index contributed by atoms with van der Waals surface area (Å²) in [5.41, 5.74) is 1.30. The number of nitrogens with zero attached hydrogens (tertiary/aromatic N) is 2. The number of hydrogen-bond acceptors (Lipinski definition) is 4. The van der Waals surface area contributed by atoms with E-state index in [-0.39, 0.29) is 5.75 Å². The van der Waals surface area contributed by atoms with Crippen molar-refractivity contribution in [2.45, 2.75) is 0 Å². The third kappa shape index (κ3) is 2.11. The van der Waals surface area contributed by atoms with Crippen LogP contribution in [0.2, 0.25) is 0 Å². The molecule has 106 valence electrons. The summed E-state index contributed by atoms with van der Waals surface area (Å²) in [7, 11) is 0. The van der Waals surface area contributed by atoms with Gasteiger partial charge in [0.25, 0.3) is 0 Å². The van der Waals surface area contributed by atoms with E-state index in [1.54, 1.807) is 24.4 Å². The van der Waals surface area contributed by atoms with E-state index in [9.17, 15) is 5.11 Å². The summed E-state index contributed by atoms with van der Waals surface area (Å²) in [4.78, 5) is 8.73. The molecule has 4 aromatic rings. The molecular formula is C18H12N2O2. The van der Waals surface area contributed by atoms with Gasteiger partial charge in [0.2, 0.25) is 5.88 Å². The van der Waals surface area contributed by atoms with Gasteiger partial charge in [0, 0.05) is 23.0 Å². The lowest BCUT2D eigenvalue weighted by molar-refractivity contribution is 0.463. The van der Waals surface area contributed by atoms with Gasteiger partial charge in [-0.3, -0.25) is 4.98 Å². The smallest absolute Gasteiger partial charge is 0.220 e. The van der Waals surface area contributed by atoms with Crippen molar-refractivity contribution >= 4 is 21.8 Å². The number of phenolic OH excluding ortho intramolecular Hbond substituents is 1. The first-order valence-corrected chi connectivity index (χ1v) is 6.91. The molecule has 0 unspecified atom stereocenters. The van der Waals surface area contributed by atoms with Crippen LogP contribution in [0.5, 0.6) is 17.4 Å². The Morgan fingerprint density at radius 1 is 0.773 bits per heavy atom. The van der Waals surface area contributed by atoms with E-state index in [2.05, 4.69) is 9.97 Å². The fourth-order valence-electron chi connectivity index (χ4n) is 2.44. The molecule has 0 radical (unpaired) electrons. The third-order valence-corrected chi connectivity index (χ3v) is 3.48. The van der Waals surface area contributed by atoms with Gasteiger partial charge in [0.15, 0.2) is 5.75 Å². The van der Waals surface area contributed by atoms with E-state index >= 15 is 0 Å². The highest BCUT2D eigenvalue weighted by Crippen LogP contribution is 2.30. The highest BCUT2D eigenvalue weighted by molar-refractivity contribution is 5.86. The zero-order valence-corrected chi connectivity index (χ0v) is 11.6. The summed E-state index contributed by atoms with van der Waals surface area (Å²) in [5, 5.41) is 11.8. The maximum absolute atomic E-state index is 9.90. The second kappa shape index (κ2) is 5.00. The van der Waals surface area contributed by atoms with Crippen molar-refractivity contribution in [2.24, 2.45) is 0 Å². The lowest BCUT2D eigenvalue weighted by Gasteiger charge is -2.08. The molecule has 22 heavy (non-hydrogen) atoms. The fraction of sp³-hybridized carbons (Fsp3) is 0. The van der Waals surface area contributed by atoms with Crippen molar-refractivity contribution in [1.82, 2.24) is 9.97 Å². The van der Waals surface area contributed by atoms with Gasteiger partial charge in [-0.15, -0.1) is 0 Å². The number of rotatable bonds is 2. The standard InChI is InChI=1S/C18H12N2O2/c21-14-7-1-4-13-9-10-16(20-17(13)14)22-15-8-2-5-12-6-3-11-19-18(12)15/h1-11,21H. The fourth-order valence-corrected chi connectivity index (χ4v) is 2.44. The number of para-hydroxylation sites is 2. The largest absolute Gasteiger partial charge is 0.506 e. The Morgan fingerprint density at radius 3 is 2.45 bits per heavy atom. The van der Waals surface area contributed by atoms with E-state index < -0.39 is 0 Å². The zero-order chi connectivity index (χ0) is 14.9. The Bertz CT molecular complexity index is 977. The van der Waals surface area contributed by atoms with Crippen molar-refractivity contribution in [2.75, 3.05) is 0 Å². The average molecular weight is 288 g/mol. The summed E-state index contributed by atoms with van der Waals surface area (Å²) < 4.78 is 5.87. The van der Waals surface area contributed by atoms with Crippen molar-refractivity contribution in [3.05, 3.63) is 66.9 Å². The Labute approximate surface area is 126 Å². The van der Waals surface area contributed by atoms with E-state index in [1.165, 1.54) is 0 Å². The van der Waals surface area contributed by atoms with Crippen molar-refractivity contribution in [3.8, 4) is 17.4 Å². The van der Waals surface area contributed by atoms with Crippen LogP contribution in [0.1, 0.15) is 0 Å². The monoisotopic (exact) mass is 288 g/mol. The molecule has 4 nitrogen and oxygen atoms in total. The molecule has 0 spiro atoms. The summed E-state index contributed by atoms with van der Waals surface area (Å²) in [6, 6.07) is 18.6. The molecule has 2 aromatic carbocycles. The van der Waals surface area contributed by atoms with E-state index in [0.717, 1.165) is 16.3 Å². The van der Waals surface area contributed by atoms with E-state index in [1.807, 2.05) is 42.5 Å². The predicted molar refractivity (Wildman–Crippen MR) is 85.2 cm³/mol. The minimum Gasteiger partial charge on any atom is -0.506 e. The van der Waals surface area contributed by atoms with E-state index in [0.29, 0.717) is 17.1 Å². The van der Waals surface area contributed by atoms with Gasteiger partial charge >= 0.3 is 0 Å². The minimum atomic E-state index is 0.138. The molecular weight excluding hydrogens is 276 g/mol. The molecule has 0 aliphatic carbocycles. The second-order valence-electron chi connectivity index (χ2n) is 4.93. The lowest BCUT2D eigenvalue weighted by Crippen LogP contribution is -1.91. The molecule has 0 aliphatic rings. The van der Waals surface area contributed by atoms with Crippen LogP contribution in [0.3, 0.4) is 0 Å². The van der Waals surface area contributed by atoms with Crippen LogP contribution >= 0.6 is 0 Å². The number of phenols is 1. The molecule has 0 amide bonds. The number of pyridine rings is 2. The van der Waals surface area contributed by atoms with Crippen LogP contribution in [0.25, 0.3) is 21.8 Å². The molecule has 0 saturated heterocycles. The number of hydrogen-bond donors (Lipinski definition) is 1. The Morgan fingerprint density at radius 2 is 1.55 bits per heavy atom. The maximum atomic E-state index is 9.90. The normalized spacial score (nSPS) is 10.9. The molecule has 0 saturated carbocycles. The Balaban J connectivity index is 1.81. The van der Waals surface area contributed by atoms with Gasteiger partial charge in [-0.25, -0.2) is 4.98 Å². The molecule has 2 aromatic heterocycles. The predicted octanol–water partition coefficient (Wildman–Crippen LogP) is 4.28. The zero-order valence-electron chi connectivity index (χ0n) is 11.6. The van der Waals surface area contributed by atoms with Crippen LogP contribution in [-0.2, 0) is 0 Å². The summed E-state index contributed by atoms with van der Waals surface area (Å²) in [6.45, 7) is 0. The maximum Gasteiger partial charge on any atom is 0.220 e. The first kappa shape index (κ1) is 12.6. The molecule has 4 rings (SSSR count). The first-order chi connectivity index (χ1) is 10.8. The molecule has 1 N–H and O–H groups in total. The summed E-state index contributed by atoms with van der Waals surface area (Å²) in [6.07, 6.45) is 1.73. The van der Waals surface area contributed by atoms with Crippen LogP contribution < -0.4 is 4.74 Å². The van der Waals surface area contributed by atoms with Gasteiger partial charge < -0.3 is 9.84 Å². The van der Waals surface area contributed by atoms with Crippen molar-refractivity contribution in [3.63, 3.8) is 0 Å². The minimum absolute atomic E-state index is 0.138.